The fraction of sp³-hybridized carbons (Fsp3) is 0.286. The fourth-order valence-corrected chi connectivity index (χ4v) is 1.65. The van der Waals surface area contributed by atoms with Crippen LogP contribution in [-0.4, -0.2) is 17.9 Å². The predicted molar refractivity (Wildman–Crippen MR) is 70.6 cm³/mol. The Balaban J connectivity index is 2.65. The lowest BCUT2D eigenvalue weighted by Crippen LogP contribution is -2.44. The first-order chi connectivity index (χ1) is 9.43. The molecule has 0 aliphatic carbocycles. The van der Waals surface area contributed by atoms with Crippen LogP contribution >= 0.6 is 0 Å². The minimum atomic E-state index is -0.830. The smallest absolute Gasteiger partial charge is 0.240 e. The van der Waals surface area contributed by atoms with Crippen molar-refractivity contribution in [2.24, 2.45) is 5.73 Å². The first-order valence-electron chi connectivity index (χ1n) is 6.07. The number of nitrogens with two attached hydrogens (primary N) is 1. The summed E-state index contributed by atoms with van der Waals surface area (Å²) in [5.74, 6) is -2.74. The van der Waals surface area contributed by atoms with Crippen LogP contribution in [0.25, 0.3) is 0 Å². The van der Waals surface area contributed by atoms with E-state index in [1.54, 1.807) is 6.08 Å². The van der Waals surface area contributed by atoms with E-state index >= 15 is 0 Å². The van der Waals surface area contributed by atoms with Crippen molar-refractivity contribution in [1.82, 2.24) is 5.32 Å². The standard InChI is InChI=1S/C14H16F2N2O2/c1-2-3-4-12(14(17)20)18-13(19)7-9-5-6-10(15)8-11(9)16/h2,5-6,8,12H,1,3-4,7H2,(H2,17,20)(H,18,19)/t12-/m0/s1. The average molecular weight is 282 g/mol. The van der Waals surface area contributed by atoms with Crippen LogP contribution in [-0.2, 0) is 16.0 Å². The number of carbonyl (C=O) groups excluding carboxylic acids is 2. The number of primary amides is 1. The molecular formula is C14H16F2N2O2. The van der Waals surface area contributed by atoms with Gasteiger partial charge in [-0.1, -0.05) is 12.1 Å². The maximum atomic E-state index is 13.4. The minimum Gasteiger partial charge on any atom is -0.368 e. The maximum absolute atomic E-state index is 13.4. The third-order valence-electron chi connectivity index (χ3n) is 2.70. The number of rotatable bonds is 7. The van der Waals surface area contributed by atoms with Gasteiger partial charge in [0.15, 0.2) is 0 Å². The highest BCUT2D eigenvalue weighted by Crippen LogP contribution is 2.10. The summed E-state index contributed by atoms with van der Waals surface area (Å²) < 4.78 is 26.1. The van der Waals surface area contributed by atoms with E-state index < -0.39 is 29.5 Å². The third-order valence-corrected chi connectivity index (χ3v) is 2.70. The second-order valence-corrected chi connectivity index (χ2v) is 4.30. The Kier molecular flexibility index (Phi) is 5.83. The van der Waals surface area contributed by atoms with Gasteiger partial charge in [-0.05, 0) is 24.5 Å². The minimum absolute atomic E-state index is 0.0517. The number of hydrogen-bond donors (Lipinski definition) is 2. The van der Waals surface area contributed by atoms with E-state index in [4.69, 9.17) is 5.73 Å². The van der Waals surface area contributed by atoms with Crippen molar-refractivity contribution < 1.29 is 18.4 Å². The van der Waals surface area contributed by atoms with E-state index in [1.165, 1.54) is 6.07 Å². The van der Waals surface area contributed by atoms with E-state index in [-0.39, 0.29) is 12.0 Å². The van der Waals surface area contributed by atoms with Gasteiger partial charge in [-0.3, -0.25) is 9.59 Å². The number of amides is 2. The lowest BCUT2D eigenvalue weighted by molar-refractivity contribution is -0.127. The van der Waals surface area contributed by atoms with Crippen molar-refractivity contribution >= 4 is 11.8 Å². The van der Waals surface area contributed by atoms with Gasteiger partial charge >= 0.3 is 0 Å². The number of hydrogen-bond acceptors (Lipinski definition) is 2. The molecule has 0 radical (unpaired) electrons. The lowest BCUT2D eigenvalue weighted by Gasteiger charge is -2.14. The van der Waals surface area contributed by atoms with Gasteiger partial charge in [0, 0.05) is 6.07 Å². The van der Waals surface area contributed by atoms with Gasteiger partial charge in [-0.15, -0.1) is 6.58 Å². The zero-order chi connectivity index (χ0) is 15.1. The fourth-order valence-electron chi connectivity index (χ4n) is 1.65. The number of carbonyl (C=O) groups is 2. The van der Waals surface area contributed by atoms with Gasteiger partial charge in [0.2, 0.25) is 11.8 Å². The number of benzene rings is 1. The highest BCUT2D eigenvalue weighted by atomic mass is 19.1. The van der Waals surface area contributed by atoms with Crippen LogP contribution in [0.5, 0.6) is 0 Å². The Morgan fingerprint density at radius 1 is 1.40 bits per heavy atom. The highest BCUT2D eigenvalue weighted by Gasteiger charge is 2.18. The molecule has 0 aromatic heterocycles. The molecule has 0 saturated heterocycles. The summed E-state index contributed by atoms with van der Waals surface area (Å²) in [6.07, 6.45) is 2.15. The molecule has 6 heteroatoms. The van der Waals surface area contributed by atoms with Crippen LogP contribution in [0.15, 0.2) is 30.9 Å². The van der Waals surface area contributed by atoms with E-state index in [9.17, 15) is 18.4 Å². The molecule has 0 heterocycles. The molecule has 0 bridgehead atoms. The molecule has 0 spiro atoms. The molecule has 4 nitrogen and oxygen atoms in total. The molecule has 0 fully saturated rings. The molecule has 1 atom stereocenters. The average Bonchev–Trinajstić information content (AvgIpc) is 2.37. The van der Waals surface area contributed by atoms with Crippen LogP contribution in [0, 0.1) is 11.6 Å². The van der Waals surface area contributed by atoms with Gasteiger partial charge < -0.3 is 11.1 Å². The Morgan fingerprint density at radius 2 is 2.10 bits per heavy atom. The summed E-state index contributed by atoms with van der Waals surface area (Å²) >= 11 is 0. The van der Waals surface area contributed by atoms with Crippen molar-refractivity contribution in [3.8, 4) is 0 Å². The largest absolute Gasteiger partial charge is 0.368 e. The molecule has 0 unspecified atom stereocenters. The van der Waals surface area contributed by atoms with Crippen LogP contribution < -0.4 is 11.1 Å². The highest BCUT2D eigenvalue weighted by molar-refractivity contribution is 5.87. The zero-order valence-electron chi connectivity index (χ0n) is 10.9. The van der Waals surface area contributed by atoms with Crippen molar-refractivity contribution in [2.45, 2.75) is 25.3 Å². The summed E-state index contributed by atoms with van der Waals surface area (Å²) in [5.41, 5.74) is 5.21. The first kappa shape index (κ1) is 15.8. The molecule has 20 heavy (non-hydrogen) atoms. The SMILES string of the molecule is C=CCC[C@H](NC(=O)Cc1ccc(F)cc1F)C(N)=O. The zero-order valence-corrected chi connectivity index (χ0v) is 10.9. The van der Waals surface area contributed by atoms with Crippen LogP contribution in [0.4, 0.5) is 8.78 Å². The summed E-state index contributed by atoms with van der Waals surface area (Å²) in [4.78, 5) is 22.9. The molecular weight excluding hydrogens is 266 g/mol. The Morgan fingerprint density at radius 3 is 2.65 bits per heavy atom. The topological polar surface area (TPSA) is 72.2 Å². The van der Waals surface area contributed by atoms with E-state index in [0.717, 1.165) is 6.07 Å². The van der Waals surface area contributed by atoms with E-state index in [2.05, 4.69) is 11.9 Å². The molecule has 0 aliphatic rings. The molecule has 1 aromatic carbocycles. The van der Waals surface area contributed by atoms with Crippen LogP contribution in [0.1, 0.15) is 18.4 Å². The number of nitrogens with one attached hydrogen (secondary N) is 1. The van der Waals surface area contributed by atoms with Gasteiger partial charge in [0.25, 0.3) is 0 Å². The third kappa shape index (κ3) is 4.79. The number of allylic oxidation sites excluding steroid dienone is 1. The normalized spacial score (nSPS) is 11.7. The molecule has 0 aliphatic heterocycles. The lowest BCUT2D eigenvalue weighted by atomic mass is 10.1. The second kappa shape index (κ2) is 7.37. The maximum Gasteiger partial charge on any atom is 0.240 e. The summed E-state index contributed by atoms with van der Waals surface area (Å²) in [5, 5.41) is 2.42. The Hall–Kier alpha value is -2.24. The van der Waals surface area contributed by atoms with Gasteiger partial charge in [-0.2, -0.15) is 0 Å². The second-order valence-electron chi connectivity index (χ2n) is 4.30. The quantitative estimate of drug-likeness (QED) is 0.743. The van der Waals surface area contributed by atoms with E-state index in [1.807, 2.05) is 0 Å². The summed E-state index contributed by atoms with van der Waals surface area (Å²) in [6, 6.07) is 2.12. The van der Waals surface area contributed by atoms with Gasteiger partial charge in [0.1, 0.15) is 17.7 Å². The van der Waals surface area contributed by atoms with E-state index in [0.29, 0.717) is 18.9 Å². The Bertz CT molecular complexity index is 518. The first-order valence-corrected chi connectivity index (χ1v) is 6.07. The van der Waals surface area contributed by atoms with Crippen molar-refractivity contribution in [3.63, 3.8) is 0 Å². The van der Waals surface area contributed by atoms with Crippen LogP contribution in [0.2, 0.25) is 0 Å². The van der Waals surface area contributed by atoms with Crippen molar-refractivity contribution in [2.75, 3.05) is 0 Å². The summed E-state index contributed by atoms with van der Waals surface area (Å²) in [7, 11) is 0. The van der Waals surface area contributed by atoms with Crippen LogP contribution in [0.3, 0.4) is 0 Å². The molecule has 3 N–H and O–H groups in total. The van der Waals surface area contributed by atoms with Crippen molar-refractivity contribution in [3.05, 3.63) is 48.1 Å². The molecule has 108 valence electrons. The number of halogens is 2. The molecule has 2 amide bonds. The summed E-state index contributed by atoms with van der Waals surface area (Å²) in [6.45, 7) is 3.51. The monoisotopic (exact) mass is 282 g/mol. The molecule has 1 rings (SSSR count). The van der Waals surface area contributed by atoms with Gasteiger partial charge in [0.05, 0.1) is 6.42 Å². The molecule has 0 saturated carbocycles. The van der Waals surface area contributed by atoms with Gasteiger partial charge in [-0.25, -0.2) is 8.78 Å². The predicted octanol–water partition coefficient (Wildman–Crippen LogP) is 1.44. The Labute approximate surface area is 115 Å². The van der Waals surface area contributed by atoms with Crippen molar-refractivity contribution in [1.29, 1.82) is 0 Å². The molecule has 1 aromatic rings.